The predicted molar refractivity (Wildman–Crippen MR) is 160 cm³/mol. The van der Waals surface area contributed by atoms with Crippen LogP contribution in [0.15, 0.2) is 59.0 Å². The number of allylic oxidation sites excluding steroid dienone is 4. The van der Waals surface area contributed by atoms with Gasteiger partial charge in [0.15, 0.2) is 5.75 Å². The average Bonchev–Trinajstić information content (AvgIpc) is 3.24. The molecule has 43 heavy (non-hydrogen) atoms. The van der Waals surface area contributed by atoms with E-state index in [1.54, 1.807) is 13.0 Å². The fraction of sp³-hybridized carbons (Fsp3) is 0.241. The molecule has 2 aliphatic rings. The van der Waals surface area contributed by atoms with Crippen LogP contribution in [0.2, 0.25) is 10.0 Å². The summed E-state index contributed by atoms with van der Waals surface area (Å²) in [5.41, 5.74) is -0.515. The first-order valence-corrected chi connectivity index (χ1v) is 15.3. The van der Waals surface area contributed by atoms with Crippen LogP contribution in [-0.2, 0) is 14.8 Å². The van der Waals surface area contributed by atoms with E-state index in [1.165, 1.54) is 36.4 Å². The molecule has 14 heteroatoms. The van der Waals surface area contributed by atoms with Gasteiger partial charge in [0.05, 0.1) is 22.1 Å². The number of sulfonamides is 1. The van der Waals surface area contributed by atoms with Gasteiger partial charge in [0.1, 0.15) is 22.4 Å². The molecule has 0 bridgehead atoms. The van der Waals surface area contributed by atoms with E-state index in [2.05, 4.69) is 10.0 Å². The van der Waals surface area contributed by atoms with Gasteiger partial charge in [-0.3, -0.25) is 10.8 Å². The maximum Gasteiger partial charge on any atom is 0.416 e. The number of hydrogen-bond acceptors (Lipinski definition) is 6. The first kappa shape index (κ1) is 31.0. The predicted octanol–water partition coefficient (Wildman–Crippen LogP) is 7.17. The van der Waals surface area contributed by atoms with Crippen molar-refractivity contribution in [2.75, 3.05) is 19.8 Å². The van der Waals surface area contributed by atoms with Crippen LogP contribution in [0.1, 0.15) is 36.5 Å². The molecular formula is C29H25Cl2F3N4O4S. The minimum Gasteiger partial charge on any atom is -0.455 e. The van der Waals surface area contributed by atoms with Gasteiger partial charge in [0.25, 0.3) is 0 Å². The van der Waals surface area contributed by atoms with Gasteiger partial charge in [-0.15, -0.1) is 0 Å². The molecule has 0 saturated heterocycles. The second-order valence-electron chi connectivity index (χ2n) is 9.65. The molecule has 3 aromatic carbocycles. The van der Waals surface area contributed by atoms with E-state index >= 15 is 0 Å². The Morgan fingerprint density at radius 2 is 1.79 bits per heavy atom. The van der Waals surface area contributed by atoms with Crippen LogP contribution in [0.25, 0.3) is 16.3 Å². The summed E-state index contributed by atoms with van der Waals surface area (Å²) in [7, 11) is -3.84. The van der Waals surface area contributed by atoms with Gasteiger partial charge >= 0.3 is 6.18 Å². The minimum absolute atomic E-state index is 0.0139. The normalized spacial score (nSPS) is 15.3. The molecule has 4 N–H and O–H groups in total. The summed E-state index contributed by atoms with van der Waals surface area (Å²) in [6.07, 6.45) is -1.91. The zero-order valence-corrected chi connectivity index (χ0v) is 24.9. The summed E-state index contributed by atoms with van der Waals surface area (Å²) in [6, 6.07) is 8.42. The highest BCUT2D eigenvalue weighted by Gasteiger charge is 2.39. The molecule has 0 atom stereocenters. The Hall–Kier alpha value is -3.42. The summed E-state index contributed by atoms with van der Waals surface area (Å²) < 4.78 is 81.9. The molecule has 0 aromatic heterocycles. The fourth-order valence-electron chi connectivity index (χ4n) is 5.06. The zero-order valence-electron chi connectivity index (χ0n) is 22.6. The van der Waals surface area contributed by atoms with Gasteiger partial charge < -0.3 is 14.8 Å². The van der Waals surface area contributed by atoms with Gasteiger partial charge in [-0.25, -0.2) is 13.1 Å². The highest BCUT2D eigenvalue weighted by molar-refractivity contribution is 7.89. The van der Waals surface area contributed by atoms with Gasteiger partial charge in [0, 0.05) is 35.2 Å². The second-order valence-corrected chi connectivity index (χ2v) is 12.2. The van der Waals surface area contributed by atoms with Crippen molar-refractivity contribution in [1.29, 1.82) is 10.8 Å². The van der Waals surface area contributed by atoms with Gasteiger partial charge in [0.2, 0.25) is 10.0 Å². The van der Waals surface area contributed by atoms with E-state index in [4.69, 9.17) is 43.5 Å². The minimum atomic E-state index is -4.70. The monoisotopic (exact) mass is 652 g/mol. The lowest BCUT2D eigenvalue weighted by Crippen LogP contribution is -2.27. The zero-order chi connectivity index (χ0) is 31.1. The largest absolute Gasteiger partial charge is 0.455 e. The highest BCUT2D eigenvalue weighted by atomic mass is 35.5. The lowest BCUT2D eigenvalue weighted by atomic mass is 9.83. The average molecular weight is 654 g/mol. The SMILES string of the molecule is CCOCCNS(=O)(=O)c1ccc(Oc2c(Cl)c(Cl)cc3cc4c(c(C5=C(C(F)(F)F)C=CCC5)c23)C(=N)NC4=N)cc1. The first-order valence-electron chi connectivity index (χ1n) is 13.1. The summed E-state index contributed by atoms with van der Waals surface area (Å²) >= 11 is 13.1. The summed E-state index contributed by atoms with van der Waals surface area (Å²) in [4.78, 5) is -0.0380. The molecule has 226 valence electrons. The molecule has 1 heterocycles. The molecule has 8 nitrogen and oxygen atoms in total. The van der Waals surface area contributed by atoms with Crippen molar-refractivity contribution in [3.05, 3.63) is 80.9 Å². The van der Waals surface area contributed by atoms with E-state index in [-0.39, 0.29) is 85.3 Å². The third kappa shape index (κ3) is 6.02. The van der Waals surface area contributed by atoms with Crippen molar-refractivity contribution in [2.45, 2.75) is 30.8 Å². The fourth-order valence-corrected chi connectivity index (χ4v) is 6.46. The van der Waals surface area contributed by atoms with Crippen LogP contribution in [0.4, 0.5) is 13.2 Å². The Morgan fingerprint density at radius 1 is 1.07 bits per heavy atom. The Balaban J connectivity index is 1.69. The van der Waals surface area contributed by atoms with Crippen molar-refractivity contribution in [3.63, 3.8) is 0 Å². The number of hydrogen-bond donors (Lipinski definition) is 4. The van der Waals surface area contributed by atoms with Crippen molar-refractivity contribution in [1.82, 2.24) is 10.0 Å². The van der Waals surface area contributed by atoms with Gasteiger partial charge in [-0.1, -0.05) is 35.4 Å². The Morgan fingerprint density at radius 3 is 2.47 bits per heavy atom. The van der Waals surface area contributed by atoms with Crippen LogP contribution < -0.4 is 14.8 Å². The number of rotatable bonds is 9. The molecule has 0 unspecified atom stereocenters. The third-order valence-electron chi connectivity index (χ3n) is 6.92. The lowest BCUT2D eigenvalue weighted by Gasteiger charge is -2.24. The summed E-state index contributed by atoms with van der Waals surface area (Å²) in [5.74, 6) is -0.297. The van der Waals surface area contributed by atoms with Gasteiger partial charge in [-0.2, -0.15) is 13.2 Å². The van der Waals surface area contributed by atoms with E-state index in [1.807, 2.05) is 0 Å². The quantitative estimate of drug-likeness (QED) is 0.182. The van der Waals surface area contributed by atoms with Crippen molar-refractivity contribution in [2.24, 2.45) is 0 Å². The second kappa shape index (κ2) is 11.9. The van der Waals surface area contributed by atoms with Crippen LogP contribution in [0.5, 0.6) is 11.5 Å². The first-order chi connectivity index (χ1) is 20.3. The molecular weight excluding hydrogens is 628 g/mol. The number of amidine groups is 2. The van der Waals surface area contributed by atoms with E-state index in [0.29, 0.717) is 18.4 Å². The molecule has 1 aliphatic heterocycles. The Kier molecular flexibility index (Phi) is 8.61. The van der Waals surface area contributed by atoms with Crippen LogP contribution >= 0.6 is 23.2 Å². The molecule has 0 radical (unpaired) electrons. The van der Waals surface area contributed by atoms with E-state index in [9.17, 15) is 21.6 Å². The van der Waals surface area contributed by atoms with Crippen molar-refractivity contribution >= 4 is 61.2 Å². The summed E-state index contributed by atoms with van der Waals surface area (Å²) in [5, 5.41) is 19.9. The molecule has 0 spiro atoms. The Labute approximate surface area is 255 Å². The third-order valence-corrected chi connectivity index (χ3v) is 9.17. The maximum absolute atomic E-state index is 14.3. The maximum atomic E-state index is 14.3. The standard InChI is InChI=1S/C29H25Cl2F3N4O4S/c1-2-41-12-11-37-43(39,40)17-9-7-16(8-10-17)42-26-22-15(14-21(30)25(26)31)13-19-24(28(36)38-27(19)35)23(22)18-5-3-4-6-20(18)29(32,33)34/h4,6-10,13-14,37H,2-3,5,11-12H2,1H3,(H3,35,36,38). The number of benzene rings is 3. The number of fused-ring (bicyclic) bond motifs is 2. The van der Waals surface area contributed by atoms with Crippen LogP contribution in [-0.4, -0.2) is 46.0 Å². The molecule has 5 rings (SSSR count). The van der Waals surface area contributed by atoms with E-state index < -0.39 is 21.8 Å². The van der Waals surface area contributed by atoms with E-state index in [0.717, 1.165) is 6.08 Å². The molecule has 3 aromatic rings. The van der Waals surface area contributed by atoms with Crippen LogP contribution in [0.3, 0.4) is 0 Å². The number of ether oxygens (including phenoxy) is 2. The van der Waals surface area contributed by atoms with Crippen LogP contribution in [0, 0.1) is 10.8 Å². The molecule has 0 saturated carbocycles. The molecule has 0 amide bonds. The lowest BCUT2D eigenvalue weighted by molar-refractivity contribution is -0.0879. The number of halogens is 5. The van der Waals surface area contributed by atoms with Crippen molar-refractivity contribution in [3.8, 4) is 11.5 Å². The topological polar surface area (TPSA) is 124 Å². The Bertz CT molecular complexity index is 1820. The highest BCUT2D eigenvalue weighted by Crippen LogP contribution is 2.49. The number of nitrogens with one attached hydrogen (secondary N) is 4. The summed E-state index contributed by atoms with van der Waals surface area (Å²) in [6.45, 7) is 2.53. The van der Waals surface area contributed by atoms with Gasteiger partial charge in [-0.05, 0) is 67.1 Å². The van der Waals surface area contributed by atoms with Crippen molar-refractivity contribution < 1.29 is 31.1 Å². The smallest absolute Gasteiger partial charge is 0.416 e. The molecule has 0 fully saturated rings. The molecule has 1 aliphatic carbocycles. The number of alkyl halides is 3.